The molecule has 1 aromatic rings. The number of thiophene rings is 1. The van der Waals surface area contributed by atoms with Crippen molar-refractivity contribution in [2.75, 3.05) is 0 Å². The summed E-state index contributed by atoms with van der Waals surface area (Å²) in [4.78, 5) is 23.2. The number of carbonyl (C=O) groups excluding carboxylic acids is 1. The van der Waals surface area contributed by atoms with Crippen LogP contribution in [0.2, 0.25) is 0 Å². The van der Waals surface area contributed by atoms with E-state index >= 15 is 0 Å². The molecule has 104 valence electrons. The molecule has 19 heavy (non-hydrogen) atoms. The highest BCUT2D eigenvalue weighted by Crippen LogP contribution is 2.32. The number of carboxylic acids is 1. The second kappa shape index (κ2) is 6.19. The van der Waals surface area contributed by atoms with Crippen molar-refractivity contribution in [2.24, 2.45) is 11.8 Å². The molecule has 0 saturated heterocycles. The highest BCUT2D eigenvalue weighted by molar-refractivity contribution is 7.07. The molecule has 1 saturated carbocycles. The zero-order valence-electron chi connectivity index (χ0n) is 11.0. The second-order valence-electron chi connectivity index (χ2n) is 5.23. The van der Waals surface area contributed by atoms with E-state index < -0.39 is 11.9 Å². The first-order valence-corrected chi connectivity index (χ1v) is 7.56. The van der Waals surface area contributed by atoms with Crippen molar-refractivity contribution in [1.29, 1.82) is 0 Å². The number of nitrogens with one attached hydrogen (secondary N) is 1. The Kier molecular flexibility index (Phi) is 4.58. The van der Waals surface area contributed by atoms with Gasteiger partial charge in [-0.2, -0.15) is 11.3 Å². The molecule has 2 N–H and O–H groups in total. The lowest BCUT2D eigenvalue weighted by molar-refractivity contribution is -0.146. The summed E-state index contributed by atoms with van der Waals surface area (Å²) in [5.41, 5.74) is 1.21. The number of carbonyl (C=O) groups is 2. The average Bonchev–Trinajstić information content (AvgIpc) is 2.97. The molecule has 1 aromatic heterocycles. The van der Waals surface area contributed by atoms with Crippen molar-refractivity contribution in [3.8, 4) is 0 Å². The first-order chi connectivity index (χ1) is 9.08. The van der Waals surface area contributed by atoms with E-state index in [2.05, 4.69) is 10.7 Å². The van der Waals surface area contributed by atoms with E-state index in [0.29, 0.717) is 12.8 Å². The summed E-state index contributed by atoms with van der Waals surface area (Å²) in [6, 6.07) is 2.08. The molecule has 2 rings (SSSR count). The molecule has 1 heterocycles. The maximum absolute atomic E-state index is 12.1. The zero-order valence-corrected chi connectivity index (χ0v) is 11.8. The number of rotatable bonds is 5. The minimum absolute atomic E-state index is 0.0390. The fraction of sp³-hybridized carbons (Fsp3) is 0.571. The summed E-state index contributed by atoms with van der Waals surface area (Å²) in [6.45, 7) is 1.96. The third-order valence-corrected chi connectivity index (χ3v) is 4.41. The van der Waals surface area contributed by atoms with Crippen molar-refractivity contribution in [2.45, 2.75) is 38.6 Å². The summed E-state index contributed by atoms with van der Waals surface area (Å²) in [5.74, 6) is -1.81. The van der Waals surface area contributed by atoms with E-state index in [4.69, 9.17) is 5.11 Å². The fourth-order valence-electron chi connectivity index (χ4n) is 2.73. The molecule has 4 nitrogen and oxygen atoms in total. The lowest BCUT2D eigenvalue weighted by atomic mass is 9.95. The smallest absolute Gasteiger partial charge is 0.307 e. The summed E-state index contributed by atoms with van der Waals surface area (Å²) >= 11 is 1.64. The Bertz CT molecular complexity index is 444. The van der Waals surface area contributed by atoms with Gasteiger partial charge in [-0.3, -0.25) is 9.59 Å². The SMILES string of the molecule is CC(Cc1ccsc1)NC(=O)C1CCCC1C(=O)O. The molecule has 3 atom stereocenters. The van der Waals surface area contributed by atoms with Crippen molar-refractivity contribution in [3.63, 3.8) is 0 Å². The van der Waals surface area contributed by atoms with Gasteiger partial charge in [0.05, 0.1) is 11.8 Å². The van der Waals surface area contributed by atoms with E-state index in [0.717, 1.165) is 12.8 Å². The molecule has 5 heteroatoms. The minimum atomic E-state index is -0.844. The van der Waals surface area contributed by atoms with Crippen molar-refractivity contribution in [3.05, 3.63) is 22.4 Å². The van der Waals surface area contributed by atoms with Crippen LogP contribution in [0.15, 0.2) is 16.8 Å². The van der Waals surface area contributed by atoms with Gasteiger partial charge in [-0.15, -0.1) is 0 Å². The standard InChI is InChI=1S/C14H19NO3S/c1-9(7-10-5-6-19-8-10)15-13(16)11-3-2-4-12(11)14(17)18/h5-6,8-9,11-12H,2-4,7H2,1H3,(H,15,16)(H,17,18). The normalized spacial score (nSPS) is 24.1. The van der Waals surface area contributed by atoms with E-state index in [1.807, 2.05) is 18.4 Å². The summed E-state index contributed by atoms with van der Waals surface area (Å²) in [6.07, 6.45) is 2.92. The van der Waals surface area contributed by atoms with Crippen LogP contribution in [-0.2, 0) is 16.0 Å². The number of carboxylic acid groups (broad SMARTS) is 1. The molecule has 1 fully saturated rings. The predicted molar refractivity (Wildman–Crippen MR) is 74.1 cm³/mol. The Morgan fingerprint density at radius 1 is 1.47 bits per heavy atom. The Labute approximate surface area is 116 Å². The second-order valence-corrected chi connectivity index (χ2v) is 6.01. The van der Waals surface area contributed by atoms with Crippen LogP contribution in [0.1, 0.15) is 31.7 Å². The Hall–Kier alpha value is -1.36. The van der Waals surface area contributed by atoms with Gasteiger partial charge in [0.2, 0.25) is 5.91 Å². The van der Waals surface area contributed by atoms with Crippen molar-refractivity contribution < 1.29 is 14.7 Å². The molecular weight excluding hydrogens is 262 g/mol. The third-order valence-electron chi connectivity index (χ3n) is 3.68. The molecule has 3 unspecified atom stereocenters. The summed E-state index contributed by atoms with van der Waals surface area (Å²) < 4.78 is 0. The van der Waals surface area contributed by atoms with Crippen LogP contribution in [-0.4, -0.2) is 23.0 Å². The molecule has 1 aliphatic carbocycles. The van der Waals surface area contributed by atoms with E-state index in [1.54, 1.807) is 11.3 Å². The van der Waals surface area contributed by atoms with Crippen LogP contribution in [0.25, 0.3) is 0 Å². The van der Waals surface area contributed by atoms with Gasteiger partial charge in [0.1, 0.15) is 0 Å². The van der Waals surface area contributed by atoms with Crippen molar-refractivity contribution >= 4 is 23.2 Å². The summed E-state index contributed by atoms with van der Waals surface area (Å²) in [7, 11) is 0. The van der Waals surface area contributed by atoms with Gasteiger partial charge >= 0.3 is 5.97 Å². The monoisotopic (exact) mass is 281 g/mol. The highest BCUT2D eigenvalue weighted by Gasteiger charge is 2.37. The maximum atomic E-state index is 12.1. The molecule has 0 aromatic carbocycles. The zero-order chi connectivity index (χ0) is 13.8. The molecule has 0 aliphatic heterocycles. The molecular formula is C14H19NO3S. The number of amides is 1. The first-order valence-electron chi connectivity index (χ1n) is 6.62. The van der Waals surface area contributed by atoms with E-state index in [9.17, 15) is 9.59 Å². The lowest BCUT2D eigenvalue weighted by Crippen LogP contribution is -2.40. The van der Waals surface area contributed by atoms with Crippen LogP contribution >= 0.6 is 11.3 Å². The molecule has 1 aliphatic rings. The van der Waals surface area contributed by atoms with E-state index in [1.165, 1.54) is 5.56 Å². The Morgan fingerprint density at radius 3 is 2.84 bits per heavy atom. The maximum Gasteiger partial charge on any atom is 0.307 e. The van der Waals surface area contributed by atoms with Crippen LogP contribution < -0.4 is 5.32 Å². The van der Waals surface area contributed by atoms with Gasteiger partial charge in [-0.25, -0.2) is 0 Å². The topological polar surface area (TPSA) is 66.4 Å². The van der Waals surface area contributed by atoms with Gasteiger partial charge in [0, 0.05) is 6.04 Å². The quantitative estimate of drug-likeness (QED) is 0.870. The average molecular weight is 281 g/mol. The van der Waals surface area contributed by atoms with Gasteiger partial charge in [0.15, 0.2) is 0 Å². The van der Waals surface area contributed by atoms with Crippen LogP contribution in [0.4, 0.5) is 0 Å². The number of aliphatic carboxylic acids is 1. The van der Waals surface area contributed by atoms with Crippen LogP contribution in [0, 0.1) is 11.8 Å². The first kappa shape index (κ1) is 14.1. The minimum Gasteiger partial charge on any atom is -0.481 e. The fourth-order valence-corrected chi connectivity index (χ4v) is 3.41. The Morgan fingerprint density at radius 2 is 2.21 bits per heavy atom. The van der Waals surface area contributed by atoms with Gasteiger partial charge < -0.3 is 10.4 Å². The molecule has 0 spiro atoms. The predicted octanol–water partition coefficient (Wildman–Crippen LogP) is 2.30. The third kappa shape index (κ3) is 3.56. The number of hydrogen-bond donors (Lipinski definition) is 2. The van der Waals surface area contributed by atoms with E-state index in [-0.39, 0.29) is 17.9 Å². The molecule has 0 bridgehead atoms. The summed E-state index contributed by atoms with van der Waals surface area (Å²) in [5, 5.41) is 16.1. The van der Waals surface area contributed by atoms with Gasteiger partial charge in [-0.05, 0) is 48.6 Å². The van der Waals surface area contributed by atoms with Crippen molar-refractivity contribution in [1.82, 2.24) is 5.32 Å². The highest BCUT2D eigenvalue weighted by atomic mass is 32.1. The Balaban J connectivity index is 1.88. The molecule has 1 amide bonds. The molecule has 0 radical (unpaired) electrons. The van der Waals surface area contributed by atoms with Gasteiger partial charge in [-0.1, -0.05) is 6.42 Å². The van der Waals surface area contributed by atoms with Crippen LogP contribution in [0.5, 0.6) is 0 Å². The lowest BCUT2D eigenvalue weighted by Gasteiger charge is -2.19. The van der Waals surface area contributed by atoms with Gasteiger partial charge in [0.25, 0.3) is 0 Å². The largest absolute Gasteiger partial charge is 0.481 e. The van der Waals surface area contributed by atoms with Crippen LogP contribution in [0.3, 0.4) is 0 Å². The number of hydrogen-bond acceptors (Lipinski definition) is 3.